The van der Waals surface area contributed by atoms with Crippen LogP contribution in [0.2, 0.25) is 0 Å². The average molecular weight is 291 g/mol. The van der Waals surface area contributed by atoms with Crippen LogP contribution in [-0.2, 0) is 0 Å². The van der Waals surface area contributed by atoms with Crippen molar-refractivity contribution in [2.75, 3.05) is 11.4 Å². The number of nitrogens with one attached hydrogen (secondary N) is 1. The predicted octanol–water partition coefficient (Wildman–Crippen LogP) is 2.47. The van der Waals surface area contributed by atoms with E-state index in [1.54, 1.807) is 11.3 Å². The Bertz CT molecular complexity index is 583. The molecule has 0 saturated carbocycles. The van der Waals surface area contributed by atoms with Gasteiger partial charge in [-0.25, -0.2) is 0 Å². The van der Waals surface area contributed by atoms with Crippen LogP contribution in [0.5, 0.6) is 0 Å². The summed E-state index contributed by atoms with van der Waals surface area (Å²) in [5, 5.41) is 7.44. The molecule has 3 rings (SSSR count). The van der Waals surface area contributed by atoms with Crippen molar-refractivity contribution in [1.29, 1.82) is 0 Å². The van der Waals surface area contributed by atoms with Crippen molar-refractivity contribution in [3.63, 3.8) is 0 Å². The topological polar surface area (TPSA) is 70.8 Å². The molecule has 2 atom stereocenters. The summed E-state index contributed by atoms with van der Waals surface area (Å²) in [6, 6.07) is 2.66. The van der Waals surface area contributed by atoms with E-state index in [9.17, 15) is 0 Å². The van der Waals surface area contributed by atoms with E-state index in [0.29, 0.717) is 6.04 Å². The molecule has 0 spiro atoms. The van der Waals surface area contributed by atoms with E-state index >= 15 is 0 Å². The van der Waals surface area contributed by atoms with Gasteiger partial charge in [-0.05, 0) is 45.2 Å². The van der Waals surface area contributed by atoms with Crippen LogP contribution in [0.4, 0.5) is 5.95 Å². The van der Waals surface area contributed by atoms with Crippen molar-refractivity contribution in [2.24, 2.45) is 5.73 Å². The first-order chi connectivity index (χ1) is 9.56. The second kappa shape index (κ2) is 5.18. The maximum Gasteiger partial charge on any atom is 0.245 e. The first-order valence-electron chi connectivity index (χ1n) is 7.08. The van der Waals surface area contributed by atoms with Gasteiger partial charge in [-0.2, -0.15) is 4.98 Å². The van der Waals surface area contributed by atoms with Crippen LogP contribution in [0.3, 0.4) is 0 Å². The summed E-state index contributed by atoms with van der Waals surface area (Å²) >= 11 is 1.75. The van der Waals surface area contributed by atoms with Crippen LogP contribution < -0.4 is 10.6 Å². The van der Waals surface area contributed by atoms with Gasteiger partial charge in [0.1, 0.15) is 0 Å². The summed E-state index contributed by atoms with van der Waals surface area (Å²) in [6.07, 6.45) is 2.19. The van der Waals surface area contributed by atoms with Gasteiger partial charge >= 0.3 is 0 Å². The van der Waals surface area contributed by atoms with E-state index < -0.39 is 0 Å². The summed E-state index contributed by atoms with van der Waals surface area (Å²) in [5.74, 6) is 1.62. The Balaban J connectivity index is 1.86. The third-order valence-corrected chi connectivity index (χ3v) is 5.34. The van der Waals surface area contributed by atoms with Crippen molar-refractivity contribution in [3.8, 4) is 10.7 Å². The van der Waals surface area contributed by atoms with Crippen LogP contribution in [0.25, 0.3) is 10.7 Å². The van der Waals surface area contributed by atoms with Gasteiger partial charge in [0.15, 0.2) is 5.82 Å². The highest BCUT2D eigenvalue weighted by molar-refractivity contribution is 7.15. The number of hydrogen-bond acceptors (Lipinski definition) is 5. The molecule has 0 aliphatic carbocycles. The monoisotopic (exact) mass is 291 g/mol. The minimum Gasteiger partial charge on any atom is -0.335 e. The number of piperidine rings is 1. The van der Waals surface area contributed by atoms with Crippen LogP contribution in [0.15, 0.2) is 6.07 Å². The van der Waals surface area contributed by atoms with Crippen molar-refractivity contribution in [1.82, 2.24) is 15.2 Å². The maximum atomic E-state index is 6.14. The van der Waals surface area contributed by atoms with E-state index in [1.807, 2.05) is 0 Å². The van der Waals surface area contributed by atoms with Gasteiger partial charge in [0.2, 0.25) is 5.95 Å². The Morgan fingerprint density at radius 3 is 2.95 bits per heavy atom. The normalized spacial score (nSPS) is 23.3. The molecule has 0 amide bonds. The van der Waals surface area contributed by atoms with Gasteiger partial charge in [0.05, 0.1) is 4.88 Å². The third-order valence-electron chi connectivity index (χ3n) is 4.18. The highest BCUT2D eigenvalue weighted by Crippen LogP contribution is 2.30. The number of aromatic amines is 1. The molecule has 6 heteroatoms. The summed E-state index contributed by atoms with van der Waals surface area (Å²) in [6.45, 7) is 7.39. The molecule has 1 fully saturated rings. The number of hydrogen-bond donors (Lipinski definition) is 2. The van der Waals surface area contributed by atoms with E-state index in [0.717, 1.165) is 36.0 Å². The van der Waals surface area contributed by atoms with E-state index in [4.69, 9.17) is 5.73 Å². The molecular weight excluding hydrogens is 270 g/mol. The molecule has 1 saturated heterocycles. The smallest absolute Gasteiger partial charge is 0.245 e. The lowest BCUT2D eigenvalue weighted by Crippen LogP contribution is -2.50. The summed E-state index contributed by atoms with van der Waals surface area (Å²) < 4.78 is 0. The fourth-order valence-corrected chi connectivity index (χ4v) is 3.61. The Hall–Kier alpha value is -1.40. The maximum absolute atomic E-state index is 6.14. The average Bonchev–Trinajstić information content (AvgIpc) is 3.01. The molecular formula is C14H21N5S. The largest absolute Gasteiger partial charge is 0.335 e. The SMILES string of the molecule is Cc1cc(-c2nc(N3CCCC(N)C3C)n[nH]2)sc1C. The highest BCUT2D eigenvalue weighted by Gasteiger charge is 2.27. The zero-order valence-corrected chi connectivity index (χ0v) is 13.0. The van der Waals surface area contributed by atoms with Crippen LogP contribution in [-0.4, -0.2) is 33.8 Å². The molecule has 1 aliphatic rings. The highest BCUT2D eigenvalue weighted by atomic mass is 32.1. The van der Waals surface area contributed by atoms with Gasteiger partial charge in [-0.1, -0.05) is 0 Å². The second-order valence-corrected chi connectivity index (χ2v) is 6.83. The molecule has 0 radical (unpaired) electrons. The molecule has 2 aromatic heterocycles. The standard InChI is InChI=1S/C14H21N5S/c1-8-7-12(20-10(8)3)13-16-14(18-17-13)19-6-4-5-11(15)9(19)2/h7,9,11H,4-6,15H2,1-3H3,(H,16,17,18). The zero-order valence-electron chi connectivity index (χ0n) is 12.2. The Morgan fingerprint density at radius 2 is 2.25 bits per heavy atom. The Kier molecular flexibility index (Phi) is 3.52. The number of anilines is 1. The van der Waals surface area contributed by atoms with Crippen LogP contribution >= 0.6 is 11.3 Å². The van der Waals surface area contributed by atoms with E-state index in [-0.39, 0.29) is 6.04 Å². The fraction of sp³-hybridized carbons (Fsp3) is 0.571. The molecule has 20 heavy (non-hydrogen) atoms. The quantitative estimate of drug-likeness (QED) is 0.891. The minimum atomic E-state index is 0.205. The number of thiophene rings is 1. The molecule has 3 N–H and O–H groups in total. The number of aromatic nitrogens is 3. The lowest BCUT2D eigenvalue weighted by atomic mass is 9.99. The number of nitrogens with zero attached hydrogens (tertiary/aromatic N) is 3. The Morgan fingerprint density at radius 1 is 1.45 bits per heavy atom. The number of aryl methyl sites for hydroxylation is 2. The lowest BCUT2D eigenvalue weighted by molar-refractivity contribution is 0.416. The fourth-order valence-electron chi connectivity index (χ4n) is 2.64. The van der Waals surface area contributed by atoms with Crippen molar-refractivity contribution in [3.05, 3.63) is 16.5 Å². The molecule has 0 bridgehead atoms. The lowest BCUT2D eigenvalue weighted by Gasteiger charge is -2.36. The van der Waals surface area contributed by atoms with Crippen molar-refractivity contribution in [2.45, 2.75) is 45.7 Å². The molecule has 108 valence electrons. The van der Waals surface area contributed by atoms with Gasteiger partial charge in [0.25, 0.3) is 0 Å². The van der Waals surface area contributed by atoms with Gasteiger partial charge in [-0.15, -0.1) is 16.4 Å². The third kappa shape index (κ3) is 2.33. The van der Waals surface area contributed by atoms with Crippen LogP contribution in [0.1, 0.15) is 30.2 Å². The molecule has 1 aliphatic heterocycles. The molecule has 2 aromatic rings. The molecule has 3 heterocycles. The zero-order chi connectivity index (χ0) is 14.3. The molecule has 5 nitrogen and oxygen atoms in total. The second-order valence-electron chi connectivity index (χ2n) is 5.57. The summed E-state index contributed by atoms with van der Waals surface area (Å²) in [4.78, 5) is 9.34. The van der Waals surface area contributed by atoms with Gasteiger partial charge in [-0.3, -0.25) is 5.10 Å². The first kappa shape index (κ1) is 13.6. The number of rotatable bonds is 2. The molecule has 0 aromatic carbocycles. The van der Waals surface area contributed by atoms with Gasteiger partial charge in [0, 0.05) is 23.5 Å². The van der Waals surface area contributed by atoms with Gasteiger partial charge < -0.3 is 10.6 Å². The Labute approximate surface area is 123 Å². The number of H-pyrrole nitrogens is 1. The summed E-state index contributed by atoms with van der Waals surface area (Å²) in [5.41, 5.74) is 7.44. The predicted molar refractivity (Wildman–Crippen MR) is 83.2 cm³/mol. The molecule has 2 unspecified atom stereocenters. The first-order valence-corrected chi connectivity index (χ1v) is 7.90. The van der Waals surface area contributed by atoms with E-state index in [2.05, 4.69) is 46.9 Å². The summed E-state index contributed by atoms with van der Waals surface area (Å²) in [7, 11) is 0. The minimum absolute atomic E-state index is 0.205. The van der Waals surface area contributed by atoms with Crippen LogP contribution in [0, 0.1) is 13.8 Å². The van der Waals surface area contributed by atoms with Crippen molar-refractivity contribution >= 4 is 17.3 Å². The number of nitrogens with two attached hydrogens (primary N) is 1. The van der Waals surface area contributed by atoms with Crippen molar-refractivity contribution < 1.29 is 0 Å². The van der Waals surface area contributed by atoms with E-state index in [1.165, 1.54) is 10.4 Å².